The Labute approximate surface area is 448 Å². The van der Waals surface area contributed by atoms with Crippen molar-refractivity contribution in [2.45, 2.75) is 269 Å². The van der Waals surface area contributed by atoms with Gasteiger partial charge >= 0.3 is 0 Å². The van der Waals surface area contributed by atoms with E-state index in [2.05, 4.69) is 64.7 Å². The number of hydrogen-bond acceptors (Lipinski definition) is 16. The van der Waals surface area contributed by atoms with Crippen LogP contribution in [0.1, 0.15) is 105 Å². The number of aliphatic hydroxyl groups is 3. The molecule has 31 atom stereocenters. The highest BCUT2D eigenvalue weighted by molar-refractivity contribution is 5.18. The lowest BCUT2D eigenvalue weighted by atomic mass is 9.76. The fourth-order valence-electron chi connectivity index (χ4n) is 15.8. The van der Waals surface area contributed by atoms with Crippen LogP contribution >= 0.6 is 0 Å². The summed E-state index contributed by atoms with van der Waals surface area (Å²) in [4.78, 5) is 0. The molecule has 0 aromatic heterocycles. The van der Waals surface area contributed by atoms with Gasteiger partial charge in [-0.1, -0.05) is 101 Å². The van der Waals surface area contributed by atoms with Gasteiger partial charge in [0.1, 0.15) is 54.4 Å². The first-order valence-corrected chi connectivity index (χ1v) is 29.3. The highest BCUT2D eigenvalue weighted by Gasteiger charge is 2.62. The van der Waals surface area contributed by atoms with Gasteiger partial charge in [-0.15, -0.1) is 0 Å². The van der Waals surface area contributed by atoms with E-state index >= 15 is 0 Å². The van der Waals surface area contributed by atoms with Gasteiger partial charge in [-0.05, 0) is 57.3 Å². The zero-order chi connectivity index (χ0) is 52.2. The zero-order valence-electron chi connectivity index (χ0n) is 44.9. The number of hydrogen-bond donors (Lipinski definition) is 3. The van der Waals surface area contributed by atoms with Crippen LogP contribution < -0.4 is 0 Å². The Hall–Kier alpha value is -2.20. The third kappa shape index (κ3) is 9.58. The van der Waals surface area contributed by atoms with Crippen molar-refractivity contribution in [1.29, 1.82) is 0 Å². The van der Waals surface area contributed by atoms with E-state index in [0.717, 1.165) is 25.7 Å². The average molecular weight is 1060 g/mol. The molecule has 0 aromatic rings. The number of allylic oxidation sites excluding steroid dienone is 2. The summed E-state index contributed by atoms with van der Waals surface area (Å²) in [6, 6.07) is 0. The van der Waals surface area contributed by atoms with Crippen LogP contribution in [-0.4, -0.2) is 186 Å². The summed E-state index contributed by atoms with van der Waals surface area (Å²) in [5.74, 6) is -0.482. The minimum absolute atomic E-state index is 0.0983. The highest BCUT2D eigenvalue weighted by atomic mass is 16.7. The number of aliphatic hydroxyl groups excluding tert-OH is 3. The van der Waals surface area contributed by atoms with E-state index in [-0.39, 0.29) is 103 Å². The molecule has 0 radical (unpaired) electrons. The van der Waals surface area contributed by atoms with Crippen molar-refractivity contribution >= 4 is 0 Å². The predicted octanol–water partition coefficient (Wildman–Crippen LogP) is 5.83. The van der Waals surface area contributed by atoms with Gasteiger partial charge in [-0.2, -0.15) is 0 Å². The van der Waals surface area contributed by atoms with Gasteiger partial charge in [-0.25, -0.2) is 0 Å². The molecule has 76 heavy (non-hydrogen) atoms. The SMILES string of the molecule is C=C/C=C/[C@H]1C=CC[C@@H]2O[C@@H]3C[C@@H]4O[C@@H]5C=C[C@@H]6O[C@@H]7C[C@@H](O)[C@]8(C)O[C@@H]9C[C@H](C)C[C@@H]%10O[C@@H]%11[C@@H](C)[C@H](O)[C@@H]%12O[C@@]%13(CCCO%13)[C@@H](C)[C@H](C)[C@H]%12O[C@H]%11C[C@H]%10O[C@H]9C[C@H]8O[C@H]7C/C=C\C[C@H]6O[C@H]5C=C[C@H]4O[C@H]3[C@H](O)[C@H]2O1. The van der Waals surface area contributed by atoms with Crippen molar-refractivity contribution < 1.29 is 76.9 Å². The normalized spacial score (nSPS) is 57.1. The number of fused-ring (bicyclic) bond motifs is 11. The molecule has 0 aliphatic carbocycles. The van der Waals surface area contributed by atoms with Gasteiger partial charge in [0.25, 0.3) is 0 Å². The summed E-state index contributed by atoms with van der Waals surface area (Å²) < 4.78 is 89.5. The lowest BCUT2D eigenvalue weighted by Gasteiger charge is -2.53. The largest absolute Gasteiger partial charge is 0.390 e. The Morgan fingerprint density at radius 2 is 1.13 bits per heavy atom. The molecule has 13 aliphatic rings. The Bertz CT molecular complexity index is 2230. The van der Waals surface area contributed by atoms with Gasteiger partial charge in [-0.3, -0.25) is 0 Å². The topological polar surface area (TPSA) is 181 Å². The molecule has 3 N–H and O–H groups in total. The summed E-state index contributed by atoms with van der Waals surface area (Å²) >= 11 is 0. The van der Waals surface area contributed by atoms with Crippen molar-refractivity contribution in [1.82, 2.24) is 0 Å². The van der Waals surface area contributed by atoms with E-state index in [9.17, 15) is 15.3 Å². The molecule has 13 aliphatic heterocycles. The lowest BCUT2D eigenvalue weighted by molar-refractivity contribution is -0.339. The third-order valence-electron chi connectivity index (χ3n) is 20.3. The van der Waals surface area contributed by atoms with Gasteiger partial charge in [0.05, 0.1) is 110 Å². The predicted molar refractivity (Wildman–Crippen MR) is 275 cm³/mol. The Kier molecular flexibility index (Phi) is 14.9. The van der Waals surface area contributed by atoms with Gasteiger partial charge in [0, 0.05) is 43.9 Å². The van der Waals surface area contributed by atoms with Crippen LogP contribution in [0.25, 0.3) is 0 Å². The van der Waals surface area contributed by atoms with E-state index in [1.807, 2.05) is 37.3 Å². The maximum atomic E-state index is 12.4. The minimum Gasteiger partial charge on any atom is -0.390 e. The standard InChI is InChI=1S/C60H84O16/c1-7-8-13-34-14-11-17-41-56(65-34)53(63)57-49(69-41)26-43-40(72-57)21-20-38-39(67-43)19-18-37-35(66-38)15-9-10-16-36-45(68-37)28-50(61)59(6)51(71-36)29-46-47(75-59)25-30(2)24-42-44(70-46)27-48-54(73-42)32(4)52(62)58-55(74-48)31(3)33(5)60(76-58)22-12-23-64-60/h7-11,13-14,18-21,30-58,61-63H,1,12,15-17,22-29H2,2-6H3/b10-9-,13-8+/t30-,31+,32+,33+,34+,35-,36+,37+,38+,39-,40-,41+,42+,43+,44-,45-,46+,47-,48+,49-,50-,51-,52+,53-,54-,55-,56+,57-,58+,59+,60+/m1/s1. The molecule has 9 saturated heterocycles. The van der Waals surface area contributed by atoms with Crippen LogP contribution in [0.15, 0.2) is 73.4 Å². The summed E-state index contributed by atoms with van der Waals surface area (Å²) in [7, 11) is 0. The molecule has 1 spiro atoms. The summed E-state index contributed by atoms with van der Waals surface area (Å²) in [5, 5.41) is 36.2. The van der Waals surface area contributed by atoms with Crippen LogP contribution in [0.5, 0.6) is 0 Å². The maximum absolute atomic E-state index is 12.4. The first kappa shape index (κ1) is 53.1. The second-order valence-electron chi connectivity index (χ2n) is 25.1. The van der Waals surface area contributed by atoms with Crippen molar-refractivity contribution in [3.05, 3.63) is 73.4 Å². The Balaban J connectivity index is 0.686. The fraction of sp³-hybridized carbons (Fsp3) is 0.800. The van der Waals surface area contributed by atoms with E-state index in [1.165, 1.54) is 0 Å². The first-order valence-electron chi connectivity index (χ1n) is 29.3. The van der Waals surface area contributed by atoms with Gasteiger partial charge < -0.3 is 76.9 Å². The fourth-order valence-corrected chi connectivity index (χ4v) is 15.8. The van der Waals surface area contributed by atoms with Gasteiger partial charge in [0.2, 0.25) is 0 Å². The molecule has 13 heterocycles. The lowest BCUT2D eigenvalue weighted by Crippen LogP contribution is -2.63. The second-order valence-corrected chi connectivity index (χ2v) is 25.1. The van der Waals surface area contributed by atoms with E-state index in [4.69, 9.17) is 61.6 Å². The van der Waals surface area contributed by atoms with Crippen molar-refractivity contribution in [2.75, 3.05) is 6.61 Å². The molecule has 9 fully saturated rings. The first-order chi connectivity index (χ1) is 36.8. The summed E-state index contributed by atoms with van der Waals surface area (Å²) in [6.45, 7) is 15.2. The molecule has 16 nitrogen and oxygen atoms in total. The Morgan fingerprint density at radius 3 is 1.92 bits per heavy atom. The molecule has 420 valence electrons. The second kappa shape index (κ2) is 21.3. The summed E-state index contributed by atoms with van der Waals surface area (Å²) in [6.07, 6.45) is 18.3. The molecule has 0 unspecified atom stereocenters. The van der Waals surface area contributed by atoms with Crippen LogP contribution in [0, 0.1) is 23.7 Å². The number of ether oxygens (including phenoxy) is 13. The molecule has 0 amide bonds. The molecule has 0 aromatic carbocycles. The summed E-state index contributed by atoms with van der Waals surface area (Å²) in [5.41, 5.74) is -1.01. The molecular formula is C60H84O16. The van der Waals surface area contributed by atoms with Crippen LogP contribution in [-0.2, 0) is 61.6 Å². The minimum atomic E-state index is -1.01. The monoisotopic (exact) mass is 1060 g/mol. The smallest absolute Gasteiger partial charge is 0.171 e. The quantitative estimate of drug-likeness (QED) is 0.222. The molecule has 13 rings (SSSR count). The van der Waals surface area contributed by atoms with Gasteiger partial charge in [0.15, 0.2) is 5.79 Å². The van der Waals surface area contributed by atoms with E-state index in [0.29, 0.717) is 51.6 Å². The molecule has 0 bridgehead atoms. The van der Waals surface area contributed by atoms with Crippen LogP contribution in [0.2, 0.25) is 0 Å². The zero-order valence-corrected chi connectivity index (χ0v) is 44.9. The highest BCUT2D eigenvalue weighted by Crippen LogP contribution is 2.52. The maximum Gasteiger partial charge on any atom is 0.171 e. The van der Waals surface area contributed by atoms with Crippen LogP contribution in [0.4, 0.5) is 0 Å². The average Bonchev–Trinajstić information content (AvgIpc) is 3.62. The van der Waals surface area contributed by atoms with Crippen molar-refractivity contribution in [3.8, 4) is 0 Å². The molecule has 16 heteroatoms. The third-order valence-corrected chi connectivity index (χ3v) is 20.3. The van der Waals surface area contributed by atoms with E-state index in [1.54, 1.807) is 6.08 Å². The number of rotatable bonds is 2. The van der Waals surface area contributed by atoms with E-state index < -0.39 is 84.6 Å². The Morgan fingerprint density at radius 1 is 0.500 bits per heavy atom. The van der Waals surface area contributed by atoms with Crippen molar-refractivity contribution in [3.63, 3.8) is 0 Å². The molecule has 0 saturated carbocycles. The van der Waals surface area contributed by atoms with Crippen LogP contribution in [0.3, 0.4) is 0 Å². The van der Waals surface area contributed by atoms with Crippen molar-refractivity contribution in [2.24, 2.45) is 23.7 Å². The molecular weight excluding hydrogens is 977 g/mol.